The molecule has 0 saturated carbocycles. The van der Waals surface area contributed by atoms with Gasteiger partial charge in [-0.05, 0) is 55.3 Å². The first-order valence-electron chi connectivity index (χ1n) is 9.52. The van der Waals surface area contributed by atoms with Crippen molar-refractivity contribution in [1.82, 2.24) is 4.98 Å². The molecule has 0 bridgehead atoms. The summed E-state index contributed by atoms with van der Waals surface area (Å²) in [6.07, 6.45) is 1.53. The van der Waals surface area contributed by atoms with Gasteiger partial charge in [-0.15, -0.1) is 0 Å². The molecule has 4 nitrogen and oxygen atoms in total. The van der Waals surface area contributed by atoms with Gasteiger partial charge in [0.2, 0.25) is 0 Å². The van der Waals surface area contributed by atoms with Crippen LogP contribution >= 0.6 is 11.6 Å². The fourth-order valence-electron chi connectivity index (χ4n) is 3.38. The zero-order valence-electron chi connectivity index (χ0n) is 16.8. The van der Waals surface area contributed by atoms with Crippen molar-refractivity contribution in [3.63, 3.8) is 0 Å². The van der Waals surface area contributed by atoms with Crippen molar-refractivity contribution in [1.29, 1.82) is 0 Å². The standard InChI is InChI=1S/C24H18ClF2N3O/c1-13-10-16-20(11-14(13)2)28-12-21(22(16)15-6-3-4-7-17(15)25)30-24(31)29-19-9-5-8-18(26)23(19)27/h3-12H,1-2H3,(H2,29,30,31). The molecule has 31 heavy (non-hydrogen) atoms. The van der Waals surface area contributed by atoms with Gasteiger partial charge in [0.25, 0.3) is 0 Å². The number of urea groups is 1. The summed E-state index contributed by atoms with van der Waals surface area (Å²) in [6.45, 7) is 3.99. The van der Waals surface area contributed by atoms with E-state index in [1.165, 1.54) is 18.3 Å². The molecule has 0 fully saturated rings. The number of halogens is 3. The number of carbonyl (C=O) groups is 1. The summed E-state index contributed by atoms with van der Waals surface area (Å²) in [4.78, 5) is 17.1. The number of fused-ring (bicyclic) bond motifs is 1. The number of benzene rings is 3. The molecule has 0 aliphatic rings. The molecule has 7 heteroatoms. The maximum absolute atomic E-state index is 13.9. The van der Waals surface area contributed by atoms with E-state index in [9.17, 15) is 13.6 Å². The number of aryl methyl sites for hydroxylation is 2. The number of hydrogen-bond acceptors (Lipinski definition) is 2. The predicted octanol–water partition coefficient (Wildman–Crippen LogP) is 7.09. The smallest absolute Gasteiger partial charge is 0.306 e. The third kappa shape index (κ3) is 4.07. The van der Waals surface area contributed by atoms with Gasteiger partial charge in [0.15, 0.2) is 11.6 Å². The molecule has 2 amide bonds. The number of nitrogens with one attached hydrogen (secondary N) is 2. The highest BCUT2D eigenvalue weighted by molar-refractivity contribution is 6.34. The topological polar surface area (TPSA) is 54.0 Å². The Bertz CT molecular complexity index is 1320. The van der Waals surface area contributed by atoms with Crippen LogP contribution in [0, 0.1) is 25.5 Å². The van der Waals surface area contributed by atoms with Gasteiger partial charge in [0.05, 0.1) is 23.1 Å². The minimum Gasteiger partial charge on any atom is -0.306 e. The number of pyridine rings is 1. The lowest BCUT2D eigenvalue weighted by molar-refractivity contribution is 0.262. The van der Waals surface area contributed by atoms with Gasteiger partial charge in [-0.2, -0.15) is 0 Å². The van der Waals surface area contributed by atoms with E-state index in [4.69, 9.17) is 11.6 Å². The molecule has 3 aromatic carbocycles. The molecule has 4 aromatic rings. The lowest BCUT2D eigenvalue weighted by atomic mass is 9.96. The maximum atomic E-state index is 13.9. The van der Waals surface area contributed by atoms with Crippen LogP contribution in [0.1, 0.15) is 11.1 Å². The molecule has 0 aliphatic heterocycles. The number of anilines is 2. The average Bonchev–Trinajstić information content (AvgIpc) is 2.73. The van der Waals surface area contributed by atoms with Crippen molar-refractivity contribution in [2.24, 2.45) is 0 Å². The van der Waals surface area contributed by atoms with E-state index in [0.717, 1.165) is 28.1 Å². The van der Waals surface area contributed by atoms with E-state index >= 15 is 0 Å². The Hall–Kier alpha value is -3.51. The minimum atomic E-state index is -1.13. The highest BCUT2D eigenvalue weighted by atomic mass is 35.5. The van der Waals surface area contributed by atoms with Crippen molar-refractivity contribution >= 4 is 39.9 Å². The second-order valence-electron chi connectivity index (χ2n) is 7.16. The number of hydrogen-bond donors (Lipinski definition) is 2. The maximum Gasteiger partial charge on any atom is 0.323 e. The van der Waals surface area contributed by atoms with Crippen molar-refractivity contribution in [2.45, 2.75) is 13.8 Å². The summed E-state index contributed by atoms with van der Waals surface area (Å²) in [5.74, 6) is -2.18. The highest BCUT2D eigenvalue weighted by Gasteiger charge is 2.17. The Morgan fingerprint density at radius 2 is 1.65 bits per heavy atom. The fourth-order valence-corrected chi connectivity index (χ4v) is 3.61. The van der Waals surface area contributed by atoms with Crippen molar-refractivity contribution in [2.75, 3.05) is 10.6 Å². The van der Waals surface area contributed by atoms with Crippen LogP contribution in [-0.2, 0) is 0 Å². The van der Waals surface area contributed by atoms with Gasteiger partial charge in [-0.3, -0.25) is 4.98 Å². The van der Waals surface area contributed by atoms with Crippen LogP contribution in [0.4, 0.5) is 25.0 Å². The molecule has 0 spiro atoms. The predicted molar refractivity (Wildman–Crippen MR) is 121 cm³/mol. The molecule has 156 valence electrons. The third-order valence-electron chi connectivity index (χ3n) is 5.07. The van der Waals surface area contributed by atoms with E-state index in [1.807, 2.05) is 44.2 Å². The van der Waals surface area contributed by atoms with Gasteiger partial charge in [-0.1, -0.05) is 35.9 Å². The number of nitrogens with zero attached hydrogens (tertiary/aromatic N) is 1. The molecule has 1 aromatic heterocycles. The number of amides is 2. The van der Waals surface area contributed by atoms with Crippen LogP contribution in [-0.4, -0.2) is 11.0 Å². The Labute approximate surface area is 182 Å². The molecule has 1 heterocycles. The summed E-state index contributed by atoms with van der Waals surface area (Å²) in [5, 5.41) is 6.35. The molecular weight excluding hydrogens is 420 g/mol. The number of aromatic nitrogens is 1. The Morgan fingerprint density at radius 1 is 0.935 bits per heavy atom. The number of carbonyl (C=O) groups excluding carboxylic acids is 1. The van der Waals surface area contributed by atoms with Gasteiger partial charge < -0.3 is 10.6 Å². The van der Waals surface area contributed by atoms with Crippen molar-refractivity contribution in [3.8, 4) is 11.1 Å². The second kappa shape index (κ2) is 8.32. The van der Waals surface area contributed by atoms with E-state index in [-0.39, 0.29) is 5.69 Å². The van der Waals surface area contributed by atoms with Crippen LogP contribution in [0.15, 0.2) is 60.8 Å². The molecule has 0 atom stereocenters. The van der Waals surface area contributed by atoms with Crippen LogP contribution in [0.25, 0.3) is 22.0 Å². The van der Waals surface area contributed by atoms with Crippen molar-refractivity contribution < 1.29 is 13.6 Å². The fraction of sp³-hybridized carbons (Fsp3) is 0.0833. The van der Waals surface area contributed by atoms with Gasteiger partial charge in [0, 0.05) is 21.5 Å². The van der Waals surface area contributed by atoms with E-state index in [1.54, 1.807) is 6.07 Å². The molecule has 0 aliphatic carbocycles. The van der Waals surface area contributed by atoms with Gasteiger partial charge in [-0.25, -0.2) is 13.6 Å². The molecule has 2 N–H and O–H groups in total. The van der Waals surface area contributed by atoms with E-state index in [0.29, 0.717) is 21.8 Å². The Balaban J connectivity index is 1.81. The second-order valence-corrected chi connectivity index (χ2v) is 7.57. The van der Waals surface area contributed by atoms with Crippen LogP contribution in [0.2, 0.25) is 5.02 Å². The summed E-state index contributed by atoms with van der Waals surface area (Å²) in [5.41, 5.74) is 4.42. The average molecular weight is 438 g/mol. The monoisotopic (exact) mass is 437 g/mol. The molecule has 0 saturated heterocycles. The Kier molecular flexibility index (Phi) is 5.57. The quantitative estimate of drug-likeness (QED) is 0.359. The normalized spacial score (nSPS) is 10.9. The highest BCUT2D eigenvalue weighted by Crippen LogP contribution is 2.39. The molecule has 0 radical (unpaired) electrons. The summed E-state index contributed by atoms with van der Waals surface area (Å²) in [7, 11) is 0. The lowest BCUT2D eigenvalue weighted by Crippen LogP contribution is -2.21. The minimum absolute atomic E-state index is 0.267. The first-order chi connectivity index (χ1) is 14.8. The number of rotatable bonds is 3. The largest absolute Gasteiger partial charge is 0.323 e. The van der Waals surface area contributed by atoms with Crippen LogP contribution < -0.4 is 10.6 Å². The van der Waals surface area contributed by atoms with Crippen molar-refractivity contribution in [3.05, 3.63) is 88.6 Å². The van der Waals surface area contributed by atoms with Gasteiger partial charge in [0.1, 0.15) is 0 Å². The summed E-state index contributed by atoms with van der Waals surface area (Å²) >= 11 is 6.47. The Morgan fingerprint density at radius 3 is 2.42 bits per heavy atom. The lowest BCUT2D eigenvalue weighted by Gasteiger charge is -2.16. The molecule has 4 rings (SSSR count). The van der Waals surface area contributed by atoms with Crippen LogP contribution in [0.3, 0.4) is 0 Å². The zero-order valence-corrected chi connectivity index (χ0v) is 17.5. The molecular formula is C24H18ClF2N3O. The van der Waals surface area contributed by atoms with E-state index in [2.05, 4.69) is 15.6 Å². The summed E-state index contributed by atoms with van der Waals surface area (Å²) in [6, 6.07) is 14.1. The molecule has 0 unspecified atom stereocenters. The first-order valence-corrected chi connectivity index (χ1v) is 9.90. The van der Waals surface area contributed by atoms with Gasteiger partial charge >= 0.3 is 6.03 Å². The first kappa shape index (κ1) is 20.8. The zero-order chi connectivity index (χ0) is 22.1. The SMILES string of the molecule is Cc1cc2ncc(NC(=O)Nc3cccc(F)c3F)c(-c3ccccc3Cl)c2cc1C. The van der Waals surface area contributed by atoms with E-state index < -0.39 is 17.7 Å². The van der Waals surface area contributed by atoms with Crippen LogP contribution in [0.5, 0.6) is 0 Å². The third-order valence-corrected chi connectivity index (χ3v) is 5.40. The summed E-state index contributed by atoms with van der Waals surface area (Å²) < 4.78 is 27.4.